The van der Waals surface area contributed by atoms with Crippen LogP contribution < -0.4 is 42.5 Å². The highest BCUT2D eigenvalue weighted by atomic mass is 32.1. The van der Waals surface area contributed by atoms with E-state index in [1.807, 2.05) is 103 Å². The highest BCUT2D eigenvalue weighted by Crippen LogP contribution is 2.49. The molecule has 4 saturated heterocycles. The summed E-state index contributed by atoms with van der Waals surface area (Å²) in [5.74, 6) is -3.47. The molecule has 4 saturated carbocycles. The summed E-state index contributed by atoms with van der Waals surface area (Å²) in [6.07, 6.45) is 21.1. The normalized spacial score (nSPS) is 19.1. The molecule has 16 rings (SSSR count). The SMILES string of the molecule is Cc1cc(NC(C)(C)C)ncc1-c1sc(C(=O)NCC(C)(C)O)nc1C(=O)N1CC(F)(F)C[C@@H]1C.Cc1cc(NC(C)C)ncc1-c1sc(C(=O)NCC(C)(C)O)nc1C(=O)N1CCCC[C@@H]1C.Cc1cc(NC(C2CC2)C2CC2)ncc1-c1sc(C(=O)NCC(C)(C)O)nc1C(=O)N1CC(F)(F)C[C@@H]1C.Cc1cc(NC(C2CC2)C2CC2)ncc1-c1sc(C(=O)NCC(C)(C)O)nc1C(=O)N1CCC[C@@H]1C. The number of hydrogen-bond donors (Lipinski definition) is 12. The molecule has 8 amide bonds. The highest BCUT2D eigenvalue weighted by molar-refractivity contribution is 7.18. The summed E-state index contributed by atoms with van der Waals surface area (Å²) < 4.78 is 56.3. The molecule has 0 bridgehead atoms. The molecule has 4 aliphatic carbocycles. The molecule has 8 aromatic heterocycles. The number of likely N-dealkylation sites (tertiary alicyclic amines) is 4. The lowest BCUT2D eigenvalue weighted by atomic mass is 10.0. The van der Waals surface area contributed by atoms with E-state index in [9.17, 15) is 76.3 Å². The second kappa shape index (κ2) is 43.9. The van der Waals surface area contributed by atoms with Crippen molar-refractivity contribution >= 4 is 116 Å². The molecule has 12 heterocycles. The van der Waals surface area contributed by atoms with Crippen LogP contribution in [-0.2, 0) is 0 Å². The summed E-state index contributed by atoms with van der Waals surface area (Å²) in [4.78, 5) is 149. The lowest BCUT2D eigenvalue weighted by Crippen LogP contribution is -2.42. The van der Waals surface area contributed by atoms with Gasteiger partial charge in [0, 0.05) is 147 Å². The van der Waals surface area contributed by atoms with Crippen LogP contribution in [0.3, 0.4) is 0 Å². The quantitative estimate of drug-likeness (QED) is 0.0180. The Labute approximate surface area is 844 Å². The molecule has 142 heavy (non-hydrogen) atoms. The smallest absolute Gasteiger partial charge is 0.280 e. The first kappa shape index (κ1) is 109. The van der Waals surface area contributed by atoms with Crippen molar-refractivity contribution in [2.24, 2.45) is 23.7 Å². The number of aliphatic hydroxyl groups is 4. The maximum atomic E-state index is 14.1. The third kappa shape index (κ3) is 29.1. The van der Waals surface area contributed by atoms with Crippen molar-refractivity contribution in [2.45, 2.75) is 324 Å². The molecule has 0 unspecified atom stereocenters. The number of alkyl halides is 4. The zero-order valence-corrected chi connectivity index (χ0v) is 88.6. The van der Waals surface area contributed by atoms with Crippen LogP contribution in [-0.4, -0.2) is 262 Å². The second-order valence-electron chi connectivity index (χ2n) is 43.7. The van der Waals surface area contributed by atoms with Gasteiger partial charge in [0.25, 0.3) is 59.1 Å². The molecule has 8 fully saturated rings. The lowest BCUT2D eigenvalue weighted by molar-refractivity contribution is 0.0115. The van der Waals surface area contributed by atoms with Crippen LogP contribution in [0.2, 0.25) is 0 Å². The number of piperidine rings is 1. The summed E-state index contributed by atoms with van der Waals surface area (Å²) in [5, 5.41) is 64.8. The van der Waals surface area contributed by atoms with Gasteiger partial charge in [-0.3, -0.25) is 38.4 Å². The molecule has 40 heteroatoms. The number of rotatable bonds is 31. The van der Waals surface area contributed by atoms with E-state index >= 15 is 0 Å². The summed E-state index contributed by atoms with van der Waals surface area (Å²) in [7, 11) is 0. The van der Waals surface area contributed by atoms with Gasteiger partial charge in [-0.15, -0.1) is 45.3 Å². The number of aryl methyl sites for hydroxylation is 4. The van der Waals surface area contributed by atoms with E-state index in [0.29, 0.717) is 79.2 Å². The number of carbonyl (C=O) groups is 8. The fourth-order valence-corrected chi connectivity index (χ4v) is 22.0. The first-order valence-corrected chi connectivity index (χ1v) is 52.6. The van der Waals surface area contributed by atoms with E-state index in [1.54, 1.807) is 87.8 Å². The Balaban J connectivity index is 0.000000159. The first-order valence-electron chi connectivity index (χ1n) is 49.3. The van der Waals surface area contributed by atoms with Crippen molar-refractivity contribution in [3.63, 3.8) is 0 Å². The van der Waals surface area contributed by atoms with Crippen molar-refractivity contribution < 1.29 is 76.3 Å². The van der Waals surface area contributed by atoms with Crippen molar-refractivity contribution in [1.29, 1.82) is 0 Å². The average molecular weight is 2040 g/mol. The Morgan fingerprint density at radius 3 is 0.873 bits per heavy atom. The molecule has 8 aromatic rings. The van der Waals surface area contributed by atoms with Crippen molar-refractivity contribution in [2.75, 3.05) is 73.6 Å². The molecule has 0 aromatic carbocycles. The Morgan fingerprint density at radius 1 is 0.380 bits per heavy atom. The minimum Gasteiger partial charge on any atom is -0.389 e. The molecule has 772 valence electrons. The molecule has 8 aliphatic rings. The van der Waals surface area contributed by atoms with Crippen LogP contribution in [0.1, 0.15) is 317 Å². The number of hydrogen-bond acceptors (Lipinski definition) is 28. The molecule has 12 N–H and O–H groups in total. The third-order valence-electron chi connectivity index (χ3n) is 25.8. The number of thiazole rings is 4. The Hall–Kier alpha value is -10.4. The fourth-order valence-electron chi connectivity index (χ4n) is 17.8. The molecule has 0 spiro atoms. The number of nitrogens with zero attached hydrogens (tertiary/aromatic N) is 12. The predicted molar refractivity (Wildman–Crippen MR) is 547 cm³/mol. The van der Waals surface area contributed by atoms with Crippen molar-refractivity contribution in [3.8, 4) is 41.8 Å². The van der Waals surface area contributed by atoms with E-state index in [4.69, 9.17) is 4.98 Å². The van der Waals surface area contributed by atoms with Gasteiger partial charge in [-0.1, -0.05) is 0 Å². The summed E-state index contributed by atoms with van der Waals surface area (Å²) in [6, 6.07) is 7.88. The van der Waals surface area contributed by atoms with Crippen molar-refractivity contribution in [1.82, 2.24) is 80.7 Å². The Bertz CT molecular complexity index is 5910. The van der Waals surface area contributed by atoms with Crippen molar-refractivity contribution in [3.05, 3.63) is 114 Å². The van der Waals surface area contributed by atoms with Crippen LogP contribution >= 0.6 is 45.3 Å². The maximum Gasteiger partial charge on any atom is 0.280 e. The Kier molecular flexibility index (Phi) is 33.7. The van der Waals surface area contributed by atoms with Crippen LogP contribution in [0.4, 0.5) is 40.8 Å². The first-order chi connectivity index (χ1) is 66.3. The van der Waals surface area contributed by atoms with Gasteiger partial charge < -0.3 is 82.6 Å². The van der Waals surface area contributed by atoms with E-state index in [-0.39, 0.29) is 98.8 Å². The predicted octanol–water partition coefficient (Wildman–Crippen LogP) is 16.7. The molecule has 4 aliphatic heterocycles. The van der Waals surface area contributed by atoms with Gasteiger partial charge in [0.1, 0.15) is 46.0 Å². The highest BCUT2D eigenvalue weighted by Gasteiger charge is 2.50. The number of aromatic nitrogens is 8. The standard InChI is InChI=1S/C27H35F2N5O3S.C27H37N5O3S.C24H33F2N5O3S.C24H35N5O3S/c1-14-9-19(32-20(16-5-6-16)17-7-8-17)30-11-18(14)22-21(25(36)34-13-27(28,29)10-15(34)2)33-24(38-22)23(35)31-12-26(3,4)37;1-15-12-20(30-21(17-7-8-17)18-9-10-18)28-13-19(15)23-22(26(34)32-11-5-6-16(32)2)31-25(36-23)24(33)29-14-27(3,4)35;1-13-8-16(30-22(3,4)5)27-10-15(13)18-17(21(33)31-12-24(25,26)9-14(31)2)29-20(35-18)19(32)28-11-23(6,7)34;1-14(2)27-18-11-15(3)17(12-25-18)20-19(23(31)29-10-8-7-9-16(29)4)28-22(33-20)21(30)26-13-24(5,6)32/h9,11,15-17,20,37H,5-8,10,12-13H2,1-4H3,(H,30,32)(H,31,35);12-13,16-18,21,35H,5-11,14H2,1-4H3,(H,28,30)(H,29,33);8,10,14,34H,9,11-12H2,1-7H3,(H,27,30)(H,28,32);11-12,14,16,32H,7-10,13H2,1-6H3,(H,25,27)(H,26,30)/t15-;16-;14-;16-/m0000/s1. The number of pyridine rings is 4. The van der Waals surface area contributed by atoms with Crippen LogP contribution in [0.25, 0.3) is 41.8 Å². The van der Waals surface area contributed by atoms with Gasteiger partial charge in [-0.2, -0.15) is 0 Å². The van der Waals surface area contributed by atoms with Crippen LogP contribution in [0.5, 0.6) is 0 Å². The largest absolute Gasteiger partial charge is 0.389 e. The fraction of sp³-hybridized carbons (Fsp3) is 0.608. The van der Waals surface area contributed by atoms with Gasteiger partial charge in [0.15, 0.2) is 20.0 Å². The van der Waals surface area contributed by atoms with E-state index in [0.717, 1.165) is 127 Å². The summed E-state index contributed by atoms with van der Waals surface area (Å²) in [5.41, 5.74) is 2.33. The molecular weight excluding hydrogens is 1900 g/mol. The third-order valence-corrected chi connectivity index (χ3v) is 30.1. The van der Waals surface area contributed by atoms with Crippen LogP contribution in [0, 0.1) is 51.4 Å². The number of halogens is 4. The zero-order chi connectivity index (χ0) is 104. The average Bonchev–Trinajstić information content (AvgIpc) is 1.63. The molecule has 32 nitrogen and oxygen atoms in total. The molecule has 4 atom stereocenters. The van der Waals surface area contributed by atoms with E-state index in [1.165, 1.54) is 74.0 Å². The summed E-state index contributed by atoms with van der Waals surface area (Å²) in [6.45, 7) is 38.0. The van der Waals surface area contributed by atoms with E-state index < -0.39 is 108 Å². The van der Waals surface area contributed by atoms with E-state index in [2.05, 4.69) is 91.3 Å². The van der Waals surface area contributed by atoms with Gasteiger partial charge in [-0.05, 0) is 299 Å². The lowest BCUT2D eigenvalue weighted by Gasteiger charge is -2.33. The number of amides is 8. The van der Waals surface area contributed by atoms with Gasteiger partial charge in [0.05, 0.1) is 55.0 Å². The summed E-state index contributed by atoms with van der Waals surface area (Å²) >= 11 is 4.41. The topological polar surface area (TPSA) is 430 Å². The number of nitrogens with one attached hydrogen (secondary N) is 8. The monoisotopic (exact) mass is 2040 g/mol. The minimum atomic E-state index is -2.98. The maximum absolute atomic E-state index is 14.1. The zero-order valence-electron chi connectivity index (χ0n) is 85.3. The van der Waals surface area contributed by atoms with Gasteiger partial charge in [0.2, 0.25) is 0 Å². The number of anilines is 4. The second-order valence-corrected chi connectivity index (χ2v) is 47.7. The number of carbonyl (C=O) groups excluding carboxylic acids is 8. The van der Waals surface area contributed by atoms with Gasteiger partial charge in [-0.25, -0.2) is 57.4 Å². The van der Waals surface area contributed by atoms with Crippen LogP contribution in [0.15, 0.2) is 49.1 Å². The Morgan fingerprint density at radius 2 is 0.641 bits per heavy atom. The molecular formula is C102H140F4N20O12S4. The molecule has 0 radical (unpaired) electrons. The van der Waals surface area contributed by atoms with Gasteiger partial charge >= 0.3 is 0 Å². The minimum absolute atomic E-state index is 0.00232.